The lowest BCUT2D eigenvalue weighted by molar-refractivity contribution is 0.1000. The van der Waals surface area contributed by atoms with Crippen molar-refractivity contribution in [2.24, 2.45) is 5.73 Å². The van der Waals surface area contributed by atoms with Crippen molar-refractivity contribution in [2.75, 3.05) is 11.9 Å². The molecular weight excluding hydrogens is 240 g/mol. The lowest BCUT2D eigenvalue weighted by Gasteiger charge is -2.19. The summed E-state index contributed by atoms with van der Waals surface area (Å²) in [6.45, 7) is 0. The Bertz CT molecular complexity index is 643. The molecule has 0 aliphatic carbocycles. The van der Waals surface area contributed by atoms with Gasteiger partial charge in [0.2, 0.25) is 5.91 Å². The molecule has 1 aromatic heterocycles. The Kier molecular flexibility index (Phi) is 3.44. The van der Waals surface area contributed by atoms with Gasteiger partial charge in [-0.2, -0.15) is 5.26 Å². The highest BCUT2D eigenvalue weighted by Crippen LogP contribution is 2.24. The first-order valence-corrected chi connectivity index (χ1v) is 5.62. The Morgan fingerprint density at radius 1 is 1.32 bits per heavy atom. The molecule has 0 saturated heterocycles. The summed E-state index contributed by atoms with van der Waals surface area (Å²) in [6, 6.07) is 12.7. The summed E-state index contributed by atoms with van der Waals surface area (Å²) in [5.74, 6) is 0.117. The van der Waals surface area contributed by atoms with E-state index in [-0.39, 0.29) is 0 Å². The topological polar surface area (TPSA) is 83.0 Å². The van der Waals surface area contributed by atoms with Gasteiger partial charge < -0.3 is 10.6 Å². The van der Waals surface area contributed by atoms with E-state index >= 15 is 0 Å². The standard InChI is InChI=1S/C14H12N4O/c1-18(12-5-3-2-4-10(12)8-15)13-7-6-11(9-17-13)14(16)19/h2-7,9H,1H3,(H2,16,19). The lowest BCUT2D eigenvalue weighted by atomic mass is 10.2. The maximum absolute atomic E-state index is 11.0. The zero-order chi connectivity index (χ0) is 13.8. The van der Waals surface area contributed by atoms with Crippen molar-refractivity contribution in [1.29, 1.82) is 5.26 Å². The van der Waals surface area contributed by atoms with Crippen molar-refractivity contribution in [2.45, 2.75) is 0 Å². The Hall–Kier alpha value is -2.87. The maximum Gasteiger partial charge on any atom is 0.250 e. The second-order valence-electron chi connectivity index (χ2n) is 3.96. The number of amides is 1. The van der Waals surface area contributed by atoms with Crippen LogP contribution < -0.4 is 10.6 Å². The Morgan fingerprint density at radius 2 is 2.05 bits per heavy atom. The molecule has 2 N–H and O–H groups in total. The Balaban J connectivity index is 2.36. The number of nitriles is 1. The second-order valence-corrected chi connectivity index (χ2v) is 3.96. The maximum atomic E-state index is 11.0. The normalized spacial score (nSPS) is 9.68. The molecule has 2 rings (SSSR count). The molecule has 5 heteroatoms. The van der Waals surface area contributed by atoms with E-state index in [0.717, 1.165) is 5.69 Å². The molecule has 0 saturated carbocycles. The van der Waals surface area contributed by atoms with Crippen molar-refractivity contribution in [3.8, 4) is 6.07 Å². The summed E-state index contributed by atoms with van der Waals surface area (Å²) in [5, 5.41) is 9.07. The van der Waals surface area contributed by atoms with Crippen molar-refractivity contribution >= 4 is 17.4 Å². The van der Waals surface area contributed by atoms with Gasteiger partial charge in [-0.15, -0.1) is 0 Å². The van der Waals surface area contributed by atoms with Crippen molar-refractivity contribution in [3.63, 3.8) is 0 Å². The Labute approximate surface area is 110 Å². The third kappa shape index (κ3) is 2.53. The molecule has 2 aromatic rings. The van der Waals surface area contributed by atoms with Gasteiger partial charge in [0.1, 0.15) is 11.9 Å². The van der Waals surface area contributed by atoms with Crippen molar-refractivity contribution in [3.05, 3.63) is 53.7 Å². The van der Waals surface area contributed by atoms with E-state index in [1.807, 2.05) is 19.2 Å². The molecule has 19 heavy (non-hydrogen) atoms. The number of nitrogens with zero attached hydrogens (tertiary/aromatic N) is 3. The molecule has 0 radical (unpaired) electrons. The highest BCUT2D eigenvalue weighted by Gasteiger charge is 2.10. The molecule has 1 heterocycles. The predicted octanol–water partition coefficient (Wildman–Crippen LogP) is 1.82. The van der Waals surface area contributed by atoms with E-state index in [1.54, 1.807) is 29.2 Å². The molecule has 5 nitrogen and oxygen atoms in total. The minimum atomic E-state index is -0.515. The molecule has 0 spiro atoms. The number of rotatable bonds is 3. The first-order valence-electron chi connectivity index (χ1n) is 5.62. The van der Waals surface area contributed by atoms with Crippen LogP contribution in [0.5, 0.6) is 0 Å². The number of pyridine rings is 1. The largest absolute Gasteiger partial charge is 0.366 e. The van der Waals surface area contributed by atoms with Crippen LogP contribution >= 0.6 is 0 Å². The number of carbonyl (C=O) groups is 1. The first kappa shape index (κ1) is 12.6. The van der Waals surface area contributed by atoms with Gasteiger partial charge in [0.25, 0.3) is 0 Å². The highest BCUT2D eigenvalue weighted by molar-refractivity contribution is 5.92. The summed E-state index contributed by atoms with van der Waals surface area (Å²) in [7, 11) is 1.81. The first-order chi connectivity index (χ1) is 9.13. The molecule has 1 aromatic carbocycles. The number of hydrogen-bond donors (Lipinski definition) is 1. The van der Waals surface area contributed by atoms with Crippen LogP contribution in [-0.4, -0.2) is 17.9 Å². The average molecular weight is 252 g/mol. The van der Waals surface area contributed by atoms with Gasteiger partial charge in [-0.25, -0.2) is 4.98 Å². The number of hydrogen-bond acceptors (Lipinski definition) is 4. The van der Waals surface area contributed by atoms with Gasteiger partial charge in [0, 0.05) is 13.2 Å². The zero-order valence-corrected chi connectivity index (χ0v) is 10.4. The fraction of sp³-hybridized carbons (Fsp3) is 0.0714. The van der Waals surface area contributed by atoms with E-state index in [2.05, 4.69) is 11.1 Å². The van der Waals surface area contributed by atoms with Crippen LogP contribution in [0.25, 0.3) is 0 Å². The van der Waals surface area contributed by atoms with Crippen molar-refractivity contribution in [1.82, 2.24) is 4.98 Å². The number of primary amides is 1. The summed E-state index contributed by atoms with van der Waals surface area (Å²) in [5.41, 5.74) is 6.83. The highest BCUT2D eigenvalue weighted by atomic mass is 16.1. The third-order valence-corrected chi connectivity index (χ3v) is 2.76. The molecule has 0 atom stereocenters. The fourth-order valence-electron chi connectivity index (χ4n) is 1.71. The lowest BCUT2D eigenvalue weighted by Crippen LogP contribution is -2.15. The molecule has 0 fully saturated rings. The molecule has 0 aliphatic heterocycles. The molecule has 1 amide bonds. The molecule has 0 unspecified atom stereocenters. The fourth-order valence-corrected chi connectivity index (χ4v) is 1.71. The van der Waals surface area contributed by atoms with E-state index in [1.165, 1.54) is 6.20 Å². The number of nitrogens with two attached hydrogens (primary N) is 1. The summed E-state index contributed by atoms with van der Waals surface area (Å²) in [6.07, 6.45) is 1.42. The Morgan fingerprint density at radius 3 is 2.63 bits per heavy atom. The molecule has 0 aliphatic rings. The molecular formula is C14H12N4O. The van der Waals surface area contributed by atoms with E-state index < -0.39 is 5.91 Å². The minimum absolute atomic E-state index is 0.353. The van der Waals surface area contributed by atoms with Crippen LogP contribution in [-0.2, 0) is 0 Å². The smallest absolute Gasteiger partial charge is 0.250 e. The van der Waals surface area contributed by atoms with Crippen LogP contribution in [0, 0.1) is 11.3 Å². The van der Waals surface area contributed by atoms with Crippen LogP contribution in [0.1, 0.15) is 15.9 Å². The predicted molar refractivity (Wildman–Crippen MR) is 72.0 cm³/mol. The number of anilines is 2. The molecule has 0 bridgehead atoms. The van der Waals surface area contributed by atoms with E-state index in [0.29, 0.717) is 16.9 Å². The summed E-state index contributed by atoms with van der Waals surface area (Å²) < 4.78 is 0. The zero-order valence-electron chi connectivity index (χ0n) is 10.4. The average Bonchev–Trinajstić information content (AvgIpc) is 2.46. The van der Waals surface area contributed by atoms with Gasteiger partial charge in [0.05, 0.1) is 16.8 Å². The quantitative estimate of drug-likeness (QED) is 0.903. The van der Waals surface area contributed by atoms with Gasteiger partial charge >= 0.3 is 0 Å². The summed E-state index contributed by atoms with van der Waals surface area (Å²) in [4.78, 5) is 16.9. The number of carbonyl (C=O) groups excluding carboxylic acids is 1. The van der Waals surface area contributed by atoms with Crippen molar-refractivity contribution < 1.29 is 4.79 Å². The van der Waals surface area contributed by atoms with Gasteiger partial charge in [-0.05, 0) is 24.3 Å². The molecule has 94 valence electrons. The van der Waals surface area contributed by atoms with Crippen LogP contribution in [0.15, 0.2) is 42.6 Å². The second kappa shape index (κ2) is 5.19. The SMILES string of the molecule is CN(c1ccc(C(N)=O)cn1)c1ccccc1C#N. The van der Waals surface area contributed by atoms with Gasteiger partial charge in [-0.1, -0.05) is 12.1 Å². The minimum Gasteiger partial charge on any atom is -0.366 e. The van der Waals surface area contributed by atoms with E-state index in [4.69, 9.17) is 11.0 Å². The van der Waals surface area contributed by atoms with Gasteiger partial charge in [0.15, 0.2) is 0 Å². The third-order valence-electron chi connectivity index (χ3n) is 2.76. The van der Waals surface area contributed by atoms with E-state index in [9.17, 15) is 4.79 Å². The van der Waals surface area contributed by atoms with Crippen LogP contribution in [0.3, 0.4) is 0 Å². The van der Waals surface area contributed by atoms with Gasteiger partial charge in [-0.3, -0.25) is 4.79 Å². The van der Waals surface area contributed by atoms with Crippen LogP contribution in [0.4, 0.5) is 11.5 Å². The number of aromatic nitrogens is 1. The number of para-hydroxylation sites is 1. The summed E-state index contributed by atoms with van der Waals surface area (Å²) >= 11 is 0. The van der Waals surface area contributed by atoms with Crippen LogP contribution in [0.2, 0.25) is 0 Å². The number of benzene rings is 1. The monoisotopic (exact) mass is 252 g/mol.